The number of hydrogen-bond donors (Lipinski definition) is 2. The van der Waals surface area contributed by atoms with Crippen LogP contribution in [-0.4, -0.2) is 26.3 Å². The lowest BCUT2D eigenvalue weighted by Gasteiger charge is -1.97. The lowest BCUT2D eigenvalue weighted by Crippen LogP contribution is -1.99. The first-order valence-electron chi connectivity index (χ1n) is 3.84. The van der Waals surface area contributed by atoms with Crippen LogP contribution in [0.1, 0.15) is 16.1 Å². The van der Waals surface area contributed by atoms with E-state index in [1.807, 2.05) is 0 Å². The average molecular weight is 212 g/mol. The van der Waals surface area contributed by atoms with Gasteiger partial charge < -0.3 is 5.11 Å². The van der Waals surface area contributed by atoms with E-state index in [-0.39, 0.29) is 10.7 Å². The first-order chi connectivity index (χ1) is 6.59. The second-order valence-electron chi connectivity index (χ2n) is 2.85. The number of fused-ring (bicyclic) bond motifs is 1. The Hall–Kier alpha value is -1.62. The molecule has 0 atom stereocenters. The van der Waals surface area contributed by atoms with E-state index in [9.17, 15) is 4.79 Å². The Labute approximate surface area is 83.7 Å². The van der Waals surface area contributed by atoms with Crippen LogP contribution in [-0.2, 0) is 0 Å². The molecule has 6 heteroatoms. The first-order valence-corrected chi connectivity index (χ1v) is 4.22. The topological polar surface area (TPSA) is 78.9 Å². The maximum atomic E-state index is 10.7. The molecule has 0 unspecified atom stereocenters. The van der Waals surface area contributed by atoms with Crippen LogP contribution in [0.4, 0.5) is 0 Å². The molecule has 2 aromatic heterocycles. The van der Waals surface area contributed by atoms with E-state index in [2.05, 4.69) is 15.2 Å². The fraction of sp³-hybridized carbons (Fsp3) is 0.125. The molecule has 14 heavy (non-hydrogen) atoms. The molecule has 2 aromatic rings. The molecule has 0 aliphatic heterocycles. The lowest BCUT2D eigenvalue weighted by molar-refractivity contribution is 0.0697. The fourth-order valence-corrected chi connectivity index (χ4v) is 1.41. The van der Waals surface area contributed by atoms with E-state index in [0.717, 1.165) is 5.69 Å². The fourth-order valence-electron chi connectivity index (χ4n) is 1.19. The van der Waals surface area contributed by atoms with E-state index in [1.165, 1.54) is 6.07 Å². The molecule has 0 radical (unpaired) electrons. The minimum absolute atomic E-state index is 0.0105. The van der Waals surface area contributed by atoms with Crippen LogP contribution in [0.2, 0.25) is 5.15 Å². The summed E-state index contributed by atoms with van der Waals surface area (Å²) in [5.74, 6) is -1.09. The van der Waals surface area contributed by atoms with Gasteiger partial charge in [-0.25, -0.2) is 9.78 Å². The Morgan fingerprint density at radius 1 is 1.64 bits per heavy atom. The Kier molecular flexibility index (Phi) is 1.89. The molecule has 5 nitrogen and oxygen atoms in total. The molecule has 0 spiro atoms. The summed E-state index contributed by atoms with van der Waals surface area (Å²) in [6, 6.07) is 1.46. The standard InChI is InChI=1S/C8H6ClN3O2/c1-3-4-2-5(8(13)14)6(9)10-7(4)12-11-3/h2H,1H3,(H,13,14)(H,10,11,12). The summed E-state index contributed by atoms with van der Waals surface area (Å²) in [5, 5.41) is 16.0. The number of nitrogens with one attached hydrogen (secondary N) is 1. The van der Waals surface area contributed by atoms with Crippen molar-refractivity contribution >= 4 is 28.6 Å². The quantitative estimate of drug-likeness (QED) is 0.703. The van der Waals surface area contributed by atoms with Gasteiger partial charge >= 0.3 is 5.97 Å². The van der Waals surface area contributed by atoms with Gasteiger partial charge in [0.15, 0.2) is 5.65 Å². The highest BCUT2D eigenvalue weighted by atomic mass is 35.5. The number of aryl methyl sites for hydroxylation is 1. The van der Waals surface area contributed by atoms with Crippen LogP contribution < -0.4 is 0 Å². The second kappa shape index (κ2) is 2.95. The molecular weight excluding hydrogens is 206 g/mol. The van der Waals surface area contributed by atoms with Crippen LogP contribution in [0.5, 0.6) is 0 Å². The zero-order chi connectivity index (χ0) is 10.3. The molecule has 2 heterocycles. The molecule has 72 valence electrons. The highest BCUT2D eigenvalue weighted by Crippen LogP contribution is 2.20. The minimum atomic E-state index is -1.09. The monoisotopic (exact) mass is 211 g/mol. The number of pyridine rings is 1. The van der Waals surface area contributed by atoms with Crippen LogP contribution in [0.15, 0.2) is 6.07 Å². The Morgan fingerprint density at radius 3 is 3.00 bits per heavy atom. The molecule has 0 saturated heterocycles. The van der Waals surface area contributed by atoms with Crippen molar-refractivity contribution in [1.82, 2.24) is 15.2 Å². The van der Waals surface area contributed by atoms with E-state index in [0.29, 0.717) is 11.0 Å². The number of carboxylic acid groups (broad SMARTS) is 1. The molecule has 0 saturated carbocycles. The van der Waals surface area contributed by atoms with Crippen molar-refractivity contribution in [2.75, 3.05) is 0 Å². The minimum Gasteiger partial charge on any atom is -0.478 e. The third kappa shape index (κ3) is 1.22. The number of aromatic amines is 1. The summed E-state index contributed by atoms with van der Waals surface area (Å²) in [4.78, 5) is 14.6. The Bertz CT molecular complexity index is 521. The molecule has 0 aromatic carbocycles. The summed E-state index contributed by atoms with van der Waals surface area (Å²) >= 11 is 5.66. The number of carboxylic acids is 1. The van der Waals surface area contributed by atoms with Crippen molar-refractivity contribution in [3.05, 3.63) is 22.5 Å². The zero-order valence-corrected chi connectivity index (χ0v) is 7.96. The van der Waals surface area contributed by atoms with E-state index in [1.54, 1.807) is 6.92 Å². The number of rotatable bonds is 1. The van der Waals surface area contributed by atoms with Crippen molar-refractivity contribution in [2.45, 2.75) is 6.92 Å². The van der Waals surface area contributed by atoms with Crippen LogP contribution in [0.3, 0.4) is 0 Å². The van der Waals surface area contributed by atoms with E-state index < -0.39 is 5.97 Å². The van der Waals surface area contributed by atoms with Crippen LogP contribution in [0, 0.1) is 6.92 Å². The summed E-state index contributed by atoms with van der Waals surface area (Å²) in [6.45, 7) is 1.79. The number of aromatic carboxylic acids is 1. The number of aromatic nitrogens is 3. The Balaban J connectivity index is 2.80. The molecule has 0 aliphatic rings. The summed E-state index contributed by atoms with van der Waals surface area (Å²) in [6.07, 6.45) is 0. The normalized spacial score (nSPS) is 10.7. The van der Waals surface area contributed by atoms with E-state index >= 15 is 0 Å². The highest BCUT2D eigenvalue weighted by molar-refractivity contribution is 6.32. The number of halogens is 1. The third-order valence-electron chi connectivity index (χ3n) is 1.92. The van der Waals surface area contributed by atoms with Crippen molar-refractivity contribution in [3.8, 4) is 0 Å². The lowest BCUT2D eigenvalue weighted by atomic mass is 10.2. The van der Waals surface area contributed by atoms with Gasteiger partial charge in [0.05, 0.1) is 5.56 Å². The molecule has 0 bridgehead atoms. The van der Waals surface area contributed by atoms with Gasteiger partial charge in [0.2, 0.25) is 0 Å². The largest absolute Gasteiger partial charge is 0.478 e. The second-order valence-corrected chi connectivity index (χ2v) is 3.21. The van der Waals surface area contributed by atoms with E-state index in [4.69, 9.17) is 16.7 Å². The van der Waals surface area contributed by atoms with Crippen molar-refractivity contribution in [3.63, 3.8) is 0 Å². The van der Waals surface area contributed by atoms with Crippen molar-refractivity contribution in [2.24, 2.45) is 0 Å². The van der Waals surface area contributed by atoms with Gasteiger partial charge in [0.25, 0.3) is 0 Å². The van der Waals surface area contributed by atoms with Crippen molar-refractivity contribution < 1.29 is 9.90 Å². The number of hydrogen-bond acceptors (Lipinski definition) is 3. The van der Waals surface area contributed by atoms with Gasteiger partial charge in [-0.3, -0.25) is 5.10 Å². The van der Waals surface area contributed by atoms with Crippen molar-refractivity contribution in [1.29, 1.82) is 0 Å². The number of carbonyl (C=O) groups is 1. The maximum absolute atomic E-state index is 10.7. The van der Waals surface area contributed by atoms with Crippen LogP contribution in [0.25, 0.3) is 11.0 Å². The van der Waals surface area contributed by atoms with Gasteiger partial charge in [-0.05, 0) is 13.0 Å². The number of nitrogens with zero attached hydrogens (tertiary/aromatic N) is 2. The Morgan fingerprint density at radius 2 is 2.36 bits per heavy atom. The number of H-pyrrole nitrogens is 1. The van der Waals surface area contributed by atoms with Gasteiger partial charge in [0.1, 0.15) is 5.15 Å². The molecule has 0 aliphatic carbocycles. The smallest absolute Gasteiger partial charge is 0.338 e. The highest BCUT2D eigenvalue weighted by Gasteiger charge is 2.13. The van der Waals surface area contributed by atoms with Gasteiger partial charge in [0, 0.05) is 11.1 Å². The third-order valence-corrected chi connectivity index (χ3v) is 2.21. The molecule has 2 N–H and O–H groups in total. The summed E-state index contributed by atoms with van der Waals surface area (Å²) in [7, 11) is 0. The summed E-state index contributed by atoms with van der Waals surface area (Å²) < 4.78 is 0. The molecule has 0 amide bonds. The maximum Gasteiger partial charge on any atom is 0.338 e. The van der Waals surface area contributed by atoms with Gasteiger partial charge in [-0.1, -0.05) is 11.6 Å². The average Bonchev–Trinajstić information content (AvgIpc) is 2.46. The first kappa shape index (κ1) is 8.96. The van der Waals surface area contributed by atoms with Crippen LogP contribution >= 0.6 is 11.6 Å². The summed E-state index contributed by atoms with van der Waals surface area (Å²) in [5.41, 5.74) is 1.19. The molecule has 2 rings (SSSR count). The van der Waals surface area contributed by atoms with Gasteiger partial charge in [-0.2, -0.15) is 5.10 Å². The molecular formula is C8H6ClN3O2. The molecule has 0 fully saturated rings. The SMILES string of the molecule is Cc1[nH]nc2nc(Cl)c(C(=O)O)cc12. The zero-order valence-electron chi connectivity index (χ0n) is 7.21. The predicted molar refractivity (Wildman–Crippen MR) is 50.6 cm³/mol. The predicted octanol–water partition coefficient (Wildman–Crippen LogP) is 1.62. The van der Waals surface area contributed by atoms with Gasteiger partial charge in [-0.15, -0.1) is 0 Å².